The number of nitrogens with zero attached hydrogens (tertiary/aromatic N) is 1. The predicted octanol–water partition coefficient (Wildman–Crippen LogP) is 9.21. The number of morpholine rings is 1. The minimum Gasteiger partial charge on any atom is -0.465 e. The van der Waals surface area contributed by atoms with Crippen LogP contribution < -0.4 is 5.32 Å². The van der Waals surface area contributed by atoms with Crippen molar-refractivity contribution in [1.82, 2.24) is 10.2 Å². The molecule has 5 aliphatic carbocycles. The van der Waals surface area contributed by atoms with Gasteiger partial charge in [0.25, 0.3) is 0 Å². The summed E-state index contributed by atoms with van der Waals surface area (Å²) in [5.74, 6) is 0.460. The van der Waals surface area contributed by atoms with Gasteiger partial charge in [0, 0.05) is 26.6 Å². The summed E-state index contributed by atoms with van der Waals surface area (Å²) in [6, 6.07) is 6.60. The van der Waals surface area contributed by atoms with Crippen LogP contribution in [0.2, 0.25) is 0 Å². The van der Waals surface area contributed by atoms with E-state index in [1.54, 1.807) is 29.8 Å². The smallest absolute Gasteiger partial charge is 0.339 e. The molecule has 1 unspecified atom stereocenters. The predicted molar refractivity (Wildman–Crippen MR) is 236 cm³/mol. The summed E-state index contributed by atoms with van der Waals surface area (Å²) in [5, 5.41) is 2.61. The van der Waals surface area contributed by atoms with Crippen LogP contribution in [0.4, 0.5) is 0 Å². The Labute approximate surface area is 366 Å². The van der Waals surface area contributed by atoms with Crippen LogP contribution in [0, 0.1) is 56.2 Å². The molecule has 5 fully saturated rings. The molecule has 0 bridgehead atoms. The fourth-order valence-electron chi connectivity index (χ4n) is 14.3. The van der Waals surface area contributed by atoms with Crippen LogP contribution in [0.3, 0.4) is 0 Å². The number of hydrogen-bond donors (Lipinski definition) is 1. The van der Waals surface area contributed by atoms with E-state index in [1.165, 1.54) is 19.8 Å². The summed E-state index contributed by atoms with van der Waals surface area (Å²) in [6.07, 6.45) is 15.0. The first-order valence-corrected chi connectivity index (χ1v) is 23.7. The lowest BCUT2D eigenvalue weighted by Gasteiger charge is -2.71. The second-order valence-corrected chi connectivity index (χ2v) is 22.0. The van der Waals surface area contributed by atoms with E-state index in [9.17, 15) is 19.2 Å². The number of nitrogens with one attached hydrogen (secondary N) is 1. The Balaban J connectivity index is 1.02. The zero-order chi connectivity index (χ0) is 43.8. The first kappa shape index (κ1) is 45.8. The number of hydrogen-bond acceptors (Lipinski definition) is 9. The van der Waals surface area contributed by atoms with Crippen molar-refractivity contribution < 1.29 is 38.1 Å². The van der Waals surface area contributed by atoms with Crippen molar-refractivity contribution in [3.63, 3.8) is 0 Å². The highest BCUT2D eigenvalue weighted by atomic mass is 16.5. The van der Waals surface area contributed by atoms with E-state index in [-0.39, 0.29) is 69.1 Å². The van der Waals surface area contributed by atoms with E-state index in [0.717, 1.165) is 97.1 Å². The molecule has 61 heavy (non-hydrogen) atoms. The average Bonchev–Trinajstić information content (AvgIpc) is 3.22. The summed E-state index contributed by atoms with van der Waals surface area (Å²) in [7, 11) is 0. The summed E-state index contributed by atoms with van der Waals surface area (Å²) in [5.41, 5.74) is 2.10. The third-order valence-corrected chi connectivity index (χ3v) is 18.0. The highest BCUT2D eigenvalue weighted by Crippen LogP contribution is 2.76. The summed E-state index contributed by atoms with van der Waals surface area (Å²) < 4.78 is 23.0. The van der Waals surface area contributed by atoms with Crippen LogP contribution in [-0.2, 0) is 28.5 Å². The molecule has 6 aliphatic rings. The molecular formula is C51H76N2O8. The van der Waals surface area contributed by atoms with Gasteiger partial charge in [0.2, 0.25) is 5.91 Å². The van der Waals surface area contributed by atoms with Gasteiger partial charge in [-0.15, -0.1) is 0 Å². The van der Waals surface area contributed by atoms with Crippen molar-refractivity contribution in [2.24, 2.45) is 56.2 Å². The monoisotopic (exact) mass is 845 g/mol. The van der Waals surface area contributed by atoms with Gasteiger partial charge in [0.1, 0.15) is 6.61 Å². The molecule has 1 aromatic carbocycles. The van der Waals surface area contributed by atoms with E-state index < -0.39 is 17.4 Å². The zero-order valence-corrected chi connectivity index (χ0v) is 38.8. The summed E-state index contributed by atoms with van der Waals surface area (Å²) in [6.45, 7) is 24.4. The Morgan fingerprint density at radius 1 is 0.787 bits per heavy atom. The lowest BCUT2D eigenvalue weighted by Crippen LogP contribution is -2.64. The van der Waals surface area contributed by atoms with Crippen molar-refractivity contribution in [3.8, 4) is 0 Å². The Bertz CT molecular complexity index is 1830. The number of rotatable bonds is 13. The Morgan fingerprint density at radius 2 is 1.46 bits per heavy atom. The number of amides is 1. The van der Waals surface area contributed by atoms with Crippen LogP contribution in [-0.4, -0.2) is 87.9 Å². The molecular weight excluding hydrogens is 769 g/mol. The molecule has 1 N–H and O–H groups in total. The Morgan fingerprint density at radius 3 is 2.15 bits per heavy atom. The first-order valence-electron chi connectivity index (χ1n) is 23.7. The van der Waals surface area contributed by atoms with Crippen LogP contribution in [0.5, 0.6) is 0 Å². The topological polar surface area (TPSA) is 120 Å². The van der Waals surface area contributed by atoms with Gasteiger partial charge in [-0.05, 0) is 140 Å². The van der Waals surface area contributed by atoms with Gasteiger partial charge in [-0.1, -0.05) is 72.2 Å². The quantitative estimate of drug-likeness (QED) is 0.0897. The van der Waals surface area contributed by atoms with E-state index >= 15 is 0 Å². The number of carbonyl (C=O) groups excluding carboxylic acids is 4. The number of esters is 3. The second-order valence-electron chi connectivity index (χ2n) is 22.0. The minimum atomic E-state index is -0.614. The molecule has 10 nitrogen and oxygen atoms in total. The van der Waals surface area contributed by atoms with Gasteiger partial charge in [0.05, 0.1) is 49.5 Å². The van der Waals surface area contributed by atoms with Crippen molar-refractivity contribution in [1.29, 1.82) is 0 Å². The molecule has 0 aromatic heterocycles. The zero-order valence-electron chi connectivity index (χ0n) is 38.8. The van der Waals surface area contributed by atoms with Crippen LogP contribution in [0.1, 0.15) is 153 Å². The first-order chi connectivity index (χ1) is 28.9. The number of benzene rings is 1. The largest absolute Gasteiger partial charge is 0.465 e. The molecule has 7 rings (SSSR count). The minimum absolute atomic E-state index is 0.0158. The molecule has 1 heterocycles. The molecule has 1 aromatic rings. The Hall–Kier alpha value is -3.24. The molecule has 1 amide bonds. The van der Waals surface area contributed by atoms with Crippen LogP contribution in [0.25, 0.3) is 0 Å². The van der Waals surface area contributed by atoms with Gasteiger partial charge >= 0.3 is 17.9 Å². The van der Waals surface area contributed by atoms with E-state index in [4.69, 9.17) is 18.9 Å². The SMILES string of the molecule is CC(=O)NCCOC(=O)c1ccccc1C(=O)OCC[C@H]1CC[C@@]2(C)C(CC[C@]3(C)[C@@H]2CC=C2[C@@H]4CC(C)(C)CC[C@]4(C(=O)OCCCN4CCOCC4)CC[C@]23C)C1(C)C. The van der Waals surface area contributed by atoms with Crippen molar-refractivity contribution in [3.05, 3.63) is 47.0 Å². The maximum Gasteiger partial charge on any atom is 0.339 e. The van der Waals surface area contributed by atoms with E-state index in [1.807, 2.05) is 0 Å². The van der Waals surface area contributed by atoms with E-state index in [0.29, 0.717) is 31.0 Å². The highest BCUT2D eigenvalue weighted by molar-refractivity contribution is 6.03. The molecule has 0 spiro atoms. The summed E-state index contributed by atoms with van der Waals surface area (Å²) in [4.78, 5) is 54.3. The van der Waals surface area contributed by atoms with Crippen LogP contribution in [0.15, 0.2) is 35.9 Å². The number of carbonyl (C=O) groups is 4. The lowest BCUT2D eigenvalue weighted by molar-refractivity contribution is -0.198. The van der Waals surface area contributed by atoms with Gasteiger partial charge in [-0.25, -0.2) is 9.59 Å². The maximum absolute atomic E-state index is 14.4. The molecule has 1 saturated heterocycles. The van der Waals surface area contributed by atoms with Gasteiger partial charge < -0.3 is 24.3 Å². The molecule has 1 aliphatic heterocycles. The van der Waals surface area contributed by atoms with E-state index in [2.05, 4.69) is 64.8 Å². The van der Waals surface area contributed by atoms with Crippen molar-refractivity contribution in [2.75, 3.05) is 59.2 Å². The summed E-state index contributed by atoms with van der Waals surface area (Å²) >= 11 is 0. The van der Waals surface area contributed by atoms with Gasteiger partial charge in [-0.2, -0.15) is 0 Å². The van der Waals surface area contributed by atoms with Gasteiger partial charge in [-0.3, -0.25) is 14.5 Å². The number of fused-ring (bicyclic) bond motifs is 7. The second kappa shape index (κ2) is 17.7. The van der Waals surface area contributed by atoms with Crippen molar-refractivity contribution in [2.45, 2.75) is 132 Å². The molecule has 10 heteroatoms. The normalized spacial score (nSPS) is 35.2. The molecule has 338 valence electrons. The fraction of sp³-hybridized carbons (Fsp3) is 0.765. The average molecular weight is 845 g/mol. The third-order valence-electron chi connectivity index (χ3n) is 18.0. The number of ether oxygens (including phenoxy) is 4. The third kappa shape index (κ3) is 8.59. The maximum atomic E-state index is 14.4. The molecule has 0 radical (unpaired) electrons. The van der Waals surface area contributed by atoms with Crippen molar-refractivity contribution >= 4 is 23.8 Å². The highest BCUT2D eigenvalue weighted by Gasteiger charge is 2.69. The molecule has 8 atom stereocenters. The Kier molecular flexibility index (Phi) is 13.3. The van der Waals surface area contributed by atoms with Gasteiger partial charge in [0.15, 0.2) is 0 Å². The molecule has 4 saturated carbocycles. The lowest BCUT2D eigenvalue weighted by atomic mass is 9.33. The van der Waals surface area contributed by atoms with Crippen LogP contribution >= 0.6 is 0 Å². The fourth-order valence-corrected chi connectivity index (χ4v) is 14.3. The number of allylic oxidation sites excluding steroid dienone is 2. The standard InChI is InChI=1S/C51H76N2O8/c1-35(54)52-25-31-60-44(56)38-13-10-9-12-37(38)43(55)59-30-18-36-16-19-48(6)41(47(36,4)5)17-20-50(8)42(48)15-14-39-40-34-46(2,3)21-23-51(40,24-22-49(39,50)7)45(57)61-29-11-26-53-27-32-58-33-28-53/h9-10,12-14,36,40-42H,11,15-34H2,1-8H3,(H,52,54)/t36-,40+,41?,42-,48+,49-,50-,51+/m1/s1.